The molecule has 7 nitrogen and oxygen atoms in total. The van der Waals surface area contributed by atoms with Crippen LogP contribution in [0.25, 0.3) is 16.6 Å². The minimum absolute atomic E-state index is 0.0963. The van der Waals surface area contributed by atoms with Crippen molar-refractivity contribution < 1.29 is 13.9 Å². The number of hydrogen-bond acceptors (Lipinski definition) is 6. The maximum absolute atomic E-state index is 13.3. The Kier molecular flexibility index (Phi) is 6.08. The van der Waals surface area contributed by atoms with Gasteiger partial charge in [-0.15, -0.1) is 0 Å². The molecule has 0 aliphatic carbocycles. The number of hydrogen-bond donors (Lipinski definition) is 0. The van der Waals surface area contributed by atoms with Crippen LogP contribution in [0.2, 0.25) is 0 Å². The number of para-hydroxylation sites is 1. The quantitative estimate of drug-likeness (QED) is 0.325. The highest BCUT2D eigenvalue weighted by molar-refractivity contribution is 7.99. The number of nitrogens with zero attached hydrogens (tertiary/aromatic N) is 3. The fourth-order valence-corrected chi connectivity index (χ4v) is 4.10. The molecule has 0 atom stereocenters. The van der Waals surface area contributed by atoms with E-state index in [-0.39, 0.29) is 17.2 Å². The summed E-state index contributed by atoms with van der Waals surface area (Å²) in [7, 11) is 3.29. The molecular formula is C23H21N3O4S. The van der Waals surface area contributed by atoms with Gasteiger partial charge in [0.1, 0.15) is 11.5 Å². The van der Waals surface area contributed by atoms with Crippen molar-refractivity contribution in [1.29, 1.82) is 0 Å². The Morgan fingerprint density at radius 1 is 1.16 bits per heavy atom. The standard InChI is InChI=1S/C23H21N3O4S/c1-25(14-18-9-6-12-30-18)21(27)15-31-23-24-20-11-4-3-10-19(20)22(28)26(23)16-7-5-8-17(13-16)29-2/h3-13H,14-15H2,1-2H3. The Labute approximate surface area is 183 Å². The molecule has 2 aromatic carbocycles. The number of ether oxygens (including phenoxy) is 1. The molecule has 0 unspecified atom stereocenters. The number of furan rings is 1. The van der Waals surface area contributed by atoms with Crippen LogP contribution in [0.5, 0.6) is 5.75 Å². The predicted molar refractivity (Wildman–Crippen MR) is 120 cm³/mol. The Morgan fingerprint density at radius 3 is 2.77 bits per heavy atom. The first kappa shape index (κ1) is 20.7. The van der Waals surface area contributed by atoms with Gasteiger partial charge >= 0.3 is 0 Å². The molecule has 0 saturated carbocycles. The Hall–Kier alpha value is -3.52. The molecule has 0 saturated heterocycles. The van der Waals surface area contributed by atoms with Crippen molar-refractivity contribution in [3.05, 3.63) is 83.0 Å². The highest BCUT2D eigenvalue weighted by atomic mass is 32.2. The fraction of sp³-hybridized carbons (Fsp3) is 0.174. The van der Waals surface area contributed by atoms with Crippen LogP contribution in [0.15, 0.2) is 81.3 Å². The largest absolute Gasteiger partial charge is 0.497 e. The Balaban J connectivity index is 1.67. The highest BCUT2D eigenvalue weighted by Crippen LogP contribution is 2.24. The maximum Gasteiger partial charge on any atom is 0.266 e. The normalized spacial score (nSPS) is 10.9. The number of amides is 1. The molecular weight excluding hydrogens is 414 g/mol. The second kappa shape index (κ2) is 9.09. The summed E-state index contributed by atoms with van der Waals surface area (Å²) in [5.41, 5.74) is 1.02. The third-order valence-corrected chi connectivity index (χ3v) is 5.70. The van der Waals surface area contributed by atoms with E-state index >= 15 is 0 Å². The van der Waals surface area contributed by atoms with Crippen LogP contribution >= 0.6 is 11.8 Å². The molecule has 0 fully saturated rings. The molecule has 2 heterocycles. The first-order valence-electron chi connectivity index (χ1n) is 9.62. The lowest BCUT2D eigenvalue weighted by Gasteiger charge is -2.17. The van der Waals surface area contributed by atoms with Gasteiger partial charge in [-0.3, -0.25) is 14.2 Å². The number of aromatic nitrogens is 2. The zero-order valence-electron chi connectivity index (χ0n) is 17.1. The third-order valence-electron chi connectivity index (χ3n) is 4.78. The van der Waals surface area contributed by atoms with E-state index in [4.69, 9.17) is 9.15 Å². The average Bonchev–Trinajstić information content (AvgIpc) is 3.30. The topological polar surface area (TPSA) is 77.6 Å². The van der Waals surface area contributed by atoms with Gasteiger partial charge in [0.05, 0.1) is 42.3 Å². The molecule has 0 N–H and O–H groups in total. The molecule has 0 spiro atoms. The van der Waals surface area contributed by atoms with Crippen LogP contribution in [-0.2, 0) is 11.3 Å². The van der Waals surface area contributed by atoms with E-state index in [0.717, 1.165) is 0 Å². The summed E-state index contributed by atoms with van der Waals surface area (Å²) in [6, 6.07) is 18.0. The second-order valence-corrected chi connectivity index (χ2v) is 7.81. The molecule has 4 rings (SSSR count). The number of carbonyl (C=O) groups excluding carboxylic acids is 1. The smallest absolute Gasteiger partial charge is 0.266 e. The minimum Gasteiger partial charge on any atom is -0.497 e. The van der Waals surface area contributed by atoms with Crippen LogP contribution in [0.1, 0.15) is 5.76 Å². The van der Waals surface area contributed by atoms with Crippen molar-refractivity contribution >= 4 is 28.6 Å². The van der Waals surface area contributed by atoms with E-state index in [0.29, 0.717) is 39.8 Å². The molecule has 1 amide bonds. The average molecular weight is 436 g/mol. The van der Waals surface area contributed by atoms with Crippen molar-refractivity contribution in [2.24, 2.45) is 0 Å². The zero-order chi connectivity index (χ0) is 21.8. The van der Waals surface area contributed by atoms with Crippen molar-refractivity contribution in [2.45, 2.75) is 11.7 Å². The van der Waals surface area contributed by atoms with E-state index in [1.54, 1.807) is 55.7 Å². The summed E-state index contributed by atoms with van der Waals surface area (Å²) in [5, 5.41) is 0.952. The predicted octanol–water partition coefficient (Wildman–Crippen LogP) is 3.74. The van der Waals surface area contributed by atoms with E-state index < -0.39 is 0 Å². The number of methoxy groups -OCH3 is 1. The highest BCUT2D eigenvalue weighted by Gasteiger charge is 2.17. The van der Waals surface area contributed by atoms with Crippen molar-refractivity contribution in [1.82, 2.24) is 14.5 Å². The molecule has 0 radical (unpaired) electrons. The number of carbonyl (C=O) groups is 1. The third kappa shape index (κ3) is 4.49. The Morgan fingerprint density at radius 2 is 2.00 bits per heavy atom. The monoisotopic (exact) mass is 435 g/mol. The van der Waals surface area contributed by atoms with Gasteiger partial charge in [0.2, 0.25) is 5.91 Å². The lowest BCUT2D eigenvalue weighted by Crippen LogP contribution is -2.28. The van der Waals surface area contributed by atoms with Gasteiger partial charge in [0.25, 0.3) is 5.56 Å². The van der Waals surface area contributed by atoms with Crippen LogP contribution in [-0.4, -0.2) is 40.3 Å². The van der Waals surface area contributed by atoms with Crippen LogP contribution < -0.4 is 10.3 Å². The first-order valence-corrected chi connectivity index (χ1v) is 10.6. The summed E-state index contributed by atoms with van der Waals surface area (Å²) in [5.74, 6) is 1.37. The van der Waals surface area contributed by atoms with Gasteiger partial charge in [-0.05, 0) is 36.4 Å². The van der Waals surface area contributed by atoms with E-state index in [1.807, 2.05) is 30.3 Å². The zero-order valence-corrected chi connectivity index (χ0v) is 18.0. The molecule has 2 aromatic heterocycles. The van der Waals surface area contributed by atoms with Gasteiger partial charge in [0, 0.05) is 13.1 Å². The van der Waals surface area contributed by atoms with Gasteiger partial charge in [-0.2, -0.15) is 0 Å². The van der Waals surface area contributed by atoms with E-state index in [9.17, 15) is 9.59 Å². The van der Waals surface area contributed by atoms with Gasteiger partial charge < -0.3 is 14.1 Å². The Bertz CT molecular complexity index is 1270. The van der Waals surface area contributed by atoms with Crippen molar-refractivity contribution in [3.63, 3.8) is 0 Å². The number of fused-ring (bicyclic) bond motifs is 1. The van der Waals surface area contributed by atoms with Gasteiger partial charge in [0.15, 0.2) is 5.16 Å². The molecule has 0 bridgehead atoms. The van der Waals surface area contributed by atoms with Crippen molar-refractivity contribution in [2.75, 3.05) is 19.9 Å². The summed E-state index contributed by atoms with van der Waals surface area (Å²) >= 11 is 1.22. The minimum atomic E-state index is -0.197. The molecule has 0 aliphatic rings. The van der Waals surface area contributed by atoms with Gasteiger partial charge in [-0.25, -0.2) is 4.98 Å². The van der Waals surface area contributed by atoms with Crippen molar-refractivity contribution in [3.8, 4) is 11.4 Å². The lowest BCUT2D eigenvalue weighted by molar-refractivity contribution is -0.127. The molecule has 158 valence electrons. The number of benzene rings is 2. The summed E-state index contributed by atoms with van der Waals surface area (Å²) in [6.45, 7) is 0.375. The summed E-state index contributed by atoms with van der Waals surface area (Å²) in [6.07, 6.45) is 1.58. The summed E-state index contributed by atoms with van der Waals surface area (Å²) < 4.78 is 12.1. The molecule has 8 heteroatoms. The number of thioether (sulfide) groups is 1. The van der Waals surface area contributed by atoms with E-state index in [1.165, 1.54) is 16.3 Å². The van der Waals surface area contributed by atoms with E-state index in [2.05, 4.69) is 4.98 Å². The summed E-state index contributed by atoms with van der Waals surface area (Å²) in [4.78, 5) is 32.2. The second-order valence-electron chi connectivity index (χ2n) is 6.87. The fourth-order valence-electron chi connectivity index (χ4n) is 3.15. The van der Waals surface area contributed by atoms with Gasteiger partial charge in [-0.1, -0.05) is 30.0 Å². The molecule has 31 heavy (non-hydrogen) atoms. The molecule has 4 aromatic rings. The first-order chi connectivity index (χ1) is 15.1. The molecule has 0 aliphatic heterocycles. The number of rotatable bonds is 7. The SMILES string of the molecule is COc1cccc(-n2c(SCC(=O)N(C)Cc3ccco3)nc3ccccc3c2=O)c1. The van der Waals surface area contributed by atoms with Crippen LogP contribution in [0, 0.1) is 0 Å². The van der Waals surface area contributed by atoms with Crippen LogP contribution in [0.4, 0.5) is 0 Å². The maximum atomic E-state index is 13.3. The van der Waals surface area contributed by atoms with Crippen LogP contribution in [0.3, 0.4) is 0 Å². The lowest BCUT2D eigenvalue weighted by atomic mass is 10.2.